The van der Waals surface area contributed by atoms with E-state index in [1.807, 2.05) is 0 Å². The normalized spacial score (nSPS) is 10.4. The molecule has 5 nitrogen and oxygen atoms in total. The minimum atomic E-state index is -0.221. The van der Waals surface area contributed by atoms with Gasteiger partial charge in [-0.05, 0) is 25.1 Å². The highest BCUT2D eigenvalue weighted by molar-refractivity contribution is 6.33. The number of benzene rings is 1. The lowest BCUT2D eigenvalue weighted by Crippen LogP contribution is -2.12. The van der Waals surface area contributed by atoms with Crippen molar-refractivity contribution in [1.82, 2.24) is 9.78 Å². The number of amides is 1. The topological polar surface area (TPSA) is 72.9 Å². The average Bonchev–Trinajstić information content (AvgIpc) is 2.63. The smallest absolute Gasteiger partial charge is 0.259 e. The van der Waals surface area contributed by atoms with Gasteiger partial charge < -0.3 is 11.1 Å². The number of hydrogen-bond donors (Lipinski definition) is 2. The zero-order valence-corrected chi connectivity index (χ0v) is 10.8. The molecular weight excluding hydrogens is 252 g/mol. The number of halogens is 1. The Morgan fingerprint density at radius 3 is 2.78 bits per heavy atom. The van der Waals surface area contributed by atoms with Gasteiger partial charge in [-0.1, -0.05) is 11.6 Å². The van der Waals surface area contributed by atoms with Crippen LogP contribution in [0.15, 0.2) is 24.4 Å². The summed E-state index contributed by atoms with van der Waals surface area (Å²) < 4.78 is 1.60. The Morgan fingerprint density at radius 1 is 1.50 bits per heavy atom. The number of carbonyl (C=O) groups is 1. The number of nitrogen functional groups attached to an aromatic ring is 1. The van der Waals surface area contributed by atoms with Crippen LogP contribution in [0.3, 0.4) is 0 Å². The molecule has 0 radical (unpaired) electrons. The second-order valence-electron chi connectivity index (χ2n) is 3.99. The van der Waals surface area contributed by atoms with Crippen LogP contribution in [-0.2, 0) is 7.05 Å². The molecule has 3 N–H and O–H groups in total. The Labute approximate surface area is 110 Å². The van der Waals surface area contributed by atoms with E-state index in [4.69, 9.17) is 17.3 Å². The van der Waals surface area contributed by atoms with E-state index in [2.05, 4.69) is 10.4 Å². The number of nitrogens with two attached hydrogens (primary N) is 1. The summed E-state index contributed by atoms with van der Waals surface area (Å²) in [7, 11) is 1.77. The fourth-order valence-electron chi connectivity index (χ4n) is 1.63. The maximum atomic E-state index is 12.0. The van der Waals surface area contributed by atoms with E-state index < -0.39 is 0 Å². The van der Waals surface area contributed by atoms with Crippen LogP contribution >= 0.6 is 11.6 Å². The highest BCUT2D eigenvalue weighted by atomic mass is 35.5. The minimum Gasteiger partial charge on any atom is -0.398 e. The molecule has 6 heteroatoms. The summed E-state index contributed by atoms with van der Waals surface area (Å²) in [6.07, 6.45) is 1.67. The molecule has 0 atom stereocenters. The summed E-state index contributed by atoms with van der Waals surface area (Å²) in [5.74, 6) is -0.221. The summed E-state index contributed by atoms with van der Waals surface area (Å²) in [5.41, 5.74) is 7.89. The molecule has 1 heterocycles. The zero-order valence-electron chi connectivity index (χ0n) is 10.1. The van der Waals surface area contributed by atoms with E-state index in [0.29, 0.717) is 27.7 Å². The molecule has 0 unspecified atom stereocenters. The number of aromatic nitrogens is 2. The molecule has 2 aromatic rings. The van der Waals surface area contributed by atoms with Crippen molar-refractivity contribution < 1.29 is 4.79 Å². The number of nitrogens with zero attached hydrogens (tertiary/aromatic N) is 2. The van der Waals surface area contributed by atoms with Crippen molar-refractivity contribution in [3.8, 4) is 0 Å². The van der Waals surface area contributed by atoms with Gasteiger partial charge in [0, 0.05) is 18.9 Å². The summed E-state index contributed by atoms with van der Waals surface area (Å²) in [4.78, 5) is 12.0. The van der Waals surface area contributed by atoms with Crippen molar-refractivity contribution in [2.24, 2.45) is 7.05 Å². The van der Waals surface area contributed by atoms with Crippen LogP contribution in [0.1, 0.15) is 16.1 Å². The highest BCUT2D eigenvalue weighted by Crippen LogP contribution is 2.23. The third-order valence-corrected chi connectivity index (χ3v) is 2.84. The molecule has 0 fully saturated rings. The Bertz CT molecular complexity index is 606. The van der Waals surface area contributed by atoms with Crippen LogP contribution in [-0.4, -0.2) is 15.7 Å². The Morgan fingerprint density at radius 2 is 2.22 bits per heavy atom. The second-order valence-corrected chi connectivity index (χ2v) is 4.40. The Hall–Kier alpha value is -2.01. The van der Waals surface area contributed by atoms with Gasteiger partial charge in [0.1, 0.15) is 0 Å². The molecular formula is C12H13ClN4O. The van der Waals surface area contributed by atoms with Crippen molar-refractivity contribution in [2.45, 2.75) is 6.92 Å². The lowest BCUT2D eigenvalue weighted by molar-refractivity contribution is 0.102. The number of aryl methyl sites for hydroxylation is 2. The molecule has 0 bridgehead atoms. The quantitative estimate of drug-likeness (QED) is 0.817. The predicted octanol–water partition coefficient (Wildman–Crippen LogP) is 2.22. The molecule has 0 saturated carbocycles. The first-order valence-electron chi connectivity index (χ1n) is 5.34. The van der Waals surface area contributed by atoms with Gasteiger partial charge in [-0.3, -0.25) is 9.48 Å². The first kappa shape index (κ1) is 12.4. The number of nitrogens with one attached hydrogen (secondary N) is 1. The number of anilines is 2. The van der Waals surface area contributed by atoms with Gasteiger partial charge in [0.25, 0.3) is 5.91 Å². The molecule has 1 aromatic heterocycles. The molecule has 0 aliphatic carbocycles. The summed E-state index contributed by atoms with van der Waals surface area (Å²) >= 11 is 5.89. The van der Waals surface area contributed by atoms with E-state index in [9.17, 15) is 4.79 Å². The van der Waals surface area contributed by atoms with Gasteiger partial charge in [0.2, 0.25) is 0 Å². The lowest BCUT2D eigenvalue weighted by Gasteiger charge is -2.05. The minimum absolute atomic E-state index is 0.221. The SMILES string of the molecule is Cc1nn(C)cc1C(=O)Nc1ccc(N)c(Cl)c1. The van der Waals surface area contributed by atoms with Crippen molar-refractivity contribution in [3.63, 3.8) is 0 Å². The third-order valence-electron chi connectivity index (χ3n) is 2.52. The maximum absolute atomic E-state index is 12.0. The van der Waals surface area contributed by atoms with Gasteiger partial charge in [-0.15, -0.1) is 0 Å². The van der Waals surface area contributed by atoms with Crippen LogP contribution in [0, 0.1) is 6.92 Å². The molecule has 1 amide bonds. The van der Waals surface area contributed by atoms with Gasteiger partial charge in [0.05, 0.1) is 22.0 Å². The van der Waals surface area contributed by atoms with E-state index in [1.54, 1.807) is 43.0 Å². The zero-order chi connectivity index (χ0) is 13.3. The van der Waals surface area contributed by atoms with Crippen molar-refractivity contribution in [1.29, 1.82) is 0 Å². The molecule has 0 aliphatic heterocycles. The van der Waals surface area contributed by atoms with Crippen LogP contribution in [0.25, 0.3) is 0 Å². The first-order chi connectivity index (χ1) is 8.47. The Balaban J connectivity index is 2.21. The Kier molecular flexibility index (Phi) is 3.25. The van der Waals surface area contributed by atoms with Crippen molar-refractivity contribution in [2.75, 3.05) is 11.1 Å². The fraction of sp³-hybridized carbons (Fsp3) is 0.167. The first-order valence-corrected chi connectivity index (χ1v) is 5.72. The molecule has 1 aromatic carbocycles. The van der Waals surface area contributed by atoms with Crippen LogP contribution in [0.5, 0.6) is 0 Å². The summed E-state index contributed by atoms with van der Waals surface area (Å²) in [6, 6.07) is 4.96. The predicted molar refractivity (Wildman–Crippen MR) is 71.8 cm³/mol. The van der Waals surface area contributed by atoms with E-state index in [1.165, 1.54) is 0 Å². The van der Waals surface area contributed by atoms with E-state index >= 15 is 0 Å². The van der Waals surface area contributed by atoms with E-state index in [0.717, 1.165) is 0 Å². The van der Waals surface area contributed by atoms with Crippen LogP contribution in [0.4, 0.5) is 11.4 Å². The highest BCUT2D eigenvalue weighted by Gasteiger charge is 2.12. The third kappa shape index (κ3) is 2.46. The van der Waals surface area contributed by atoms with Gasteiger partial charge in [-0.2, -0.15) is 5.10 Å². The number of hydrogen-bond acceptors (Lipinski definition) is 3. The monoisotopic (exact) mass is 264 g/mol. The second kappa shape index (κ2) is 4.70. The van der Waals surface area contributed by atoms with Crippen molar-refractivity contribution >= 4 is 28.9 Å². The number of carbonyl (C=O) groups excluding carboxylic acids is 1. The summed E-state index contributed by atoms with van der Waals surface area (Å²) in [5, 5.41) is 7.28. The van der Waals surface area contributed by atoms with Crippen molar-refractivity contribution in [3.05, 3.63) is 40.7 Å². The lowest BCUT2D eigenvalue weighted by atomic mass is 10.2. The maximum Gasteiger partial charge on any atom is 0.259 e. The van der Waals surface area contributed by atoms with Crippen LogP contribution in [0.2, 0.25) is 5.02 Å². The molecule has 94 valence electrons. The standard InChI is InChI=1S/C12H13ClN4O/c1-7-9(6-17(2)16-7)12(18)15-8-3-4-11(14)10(13)5-8/h3-6H,14H2,1-2H3,(H,15,18). The molecule has 18 heavy (non-hydrogen) atoms. The number of rotatable bonds is 2. The average molecular weight is 265 g/mol. The molecule has 0 saturated heterocycles. The van der Waals surface area contributed by atoms with Gasteiger partial charge in [-0.25, -0.2) is 0 Å². The molecule has 2 rings (SSSR count). The fourth-order valence-corrected chi connectivity index (χ4v) is 1.81. The molecule has 0 aliphatic rings. The van der Waals surface area contributed by atoms with Gasteiger partial charge in [0.15, 0.2) is 0 Å². The van der Waals surface area contributed by atoms with Gasteiger partial charge >= 0.3 is 0 Å². The van der Waals surface area contributed by atoms with Crippen LogP contribution < -0.4 is 11.1 Å². The van der Waals surface area contributed by atoms with E-state index in [-0.39, 0.29) is 5.91 Å². The molecule has 0 spiro atoms. The largest absolute Gasteiger partial charge is 0.398 e. The summed E-state index contributed by atoms with van der Waals surface area (Å²) in [6.45, 7) is 1.78.